The summed E-state index contributed by atoms with van der Waals surface area (Å²) in [6.07, 6.45) is 4.93. The highest BCUT2D eigenvalue weighted by molar-refractivity contribution is 5.37. The second-order valence-corrected chi connectivity index (χ2v) is 5.76. The first-order valence-electron chi connectivity index (χ1n) is 6.84. The summed E-state index contributed by atoms with van der Waals surface area (Å²) in [5.74, 6) is 0. The third-order valence-corrected chi connectivity index (χ3v) is 2.85. The van der Waals surface area contributed by atoms with Gasteiger partial charge in [0.1, 0.15) is 18.0 Å². The summed E-state index contributed by atoms with van der Waals surface area (Å²) in [5.41, 5.74) is -0.252. The van der Waals surface area contributed by atoms with Crippen molar-refractivity contribution in [2.24, 2.45) is 0 Å². The van der Waals surface area contributed by atoms with Gasteiger partial charge in [0, 0.05) is 6.54 Å². The van der Waals surface area contributed by atoms with E-state index in [-0.39, 0.29) is 17.3 Å². The highest BCUT2D eigenvalue weighted by atomic mass is 16.6. The first kappa shape index (κ1) is 17.1. The third kappa shape index (κ3) is 6.35. The summed E-state index contributed by atoms with van der Waals surface area (Å²) in [6.45, 7) is 7.79. The number of carbonyl (C=O) groups is 1. The number of hydrogen-bond donors (Lipinski definition) is 1. The van der Waals surface area contributed by atoms with Gasteiger partial charge in [0.2, 0.25) is 0 Å². The Morgan fingerprint density at radius 1 is 1.57 bits per heavy atom. The lowest BCUT2D eigenvalue weighted by Crippen LogP contribution is -2.31. The van der Waals surface area contributed by atoms with Crippen LogP contribution in [0, 0.1) is 10.1 Å². The largest absolute Gasteiger partial charge is 0.462 e. The topological polar surface area (TPSA) is 99.3 Å². The number of carbonyl (C=O) groups excluding carboxylic acids is 1. The van der Waals surface area contributed by atoms with E-state index in [0.717, 1.165) is 25.9 Å². The summed E-state index contributed by atoms with van der Waals surface area (Å²) in [5, 5.41) is 17.7. The SMILES string of the molecule is CC(C)(C)OC=O.O=[N+]([O-])c1cnn([C@H]2CCCNC2)c1. The Morgan fingerprint density at radius 3 is 2.67 bits per heavy atom. The van der Waals surface area contributed by atoms with Crippen molar-refractivity contribution < 1.29 is 14.5 Å². The molecule has 0 aliphatic carbocycles. The van der Waals surface area contributed by atoms with E-state index in [1.54, 1.807) is 4.68 Å². The predicted octanol–water partition coefficient (Wildman–Crippen LogP) is 1.67. The van der Waals surface area contributed by atoms with Crippen molar-refractivity contribution in [3.8, 4) is 0 Å². The molecule has 2 heterocycles. The van der Waals surface area contributed by atoms with Crippen molar-refractivity contribution in [1.29, 1.82) is 0 Å². The van der Waals surface area contributed by atoms with Crippen LogP contribution < -0.4 is 5.32 Å². The Morgan fingerprint density at radius 2 is 2.29 bits per heavy atom. The van der Waals surface area contributed by atoms with Gasteiger partial charge in [0.25, 0.3) is 6.47 Å². The third-order valence-electron chi connectivity index (χ3n) is 2.85. The molecule has 1 aromatic rings. The van der Waals surface area contributed by atoms with Gasteiger partial charge in [-0.05, 0) is 40.2 Å². The molecule has 8 heteroatoms. The second-order valence-electron chi connectivity index (χ2n) is 5.76. The number of nitrogens with zero attached hydrogens (tertiary/aromatic N) is 3. The van der Waals surface area contributed by atoms with Gasteiger partial charge >= 0.3 is 5.69 Å². The predicted molar refractivity (Wildman–Crippen MR) is 76.9 cm³/mol. The highest BCUT2D eigenvalue weighted by Crippen LogP contribution is 2.18. The Hall–Kier alpha value is -1.96. The van der Waals surface area contributed by atoms with Gasteiger partial charge in [-0.25, -0.2) is 0 Å². The number of hydrogen-bond acceptors (Lipinski definition) is 6. The lowest BCUT2D eigenvalue weighted by molar-refractivity contribution is -0.385. The molecule has 0 aromatic carbocycles. The van der Waals surface area contributed by atoms with Crippen LogP contribution in [0.3, 0.4) is 0 Å². The molecule has 2 rings (SSSR count). The van der Waals surface area contributed by atoms with Crippen LogP contribution in [-0.2, 0) is 9.53 Å². The van der Waals surface area contributed by atoms with Crippen LogP contribution in [0.2, 0.25) is 0 Å². The number of nitro groups is 1. The van der Waals surface area contributed by atoms with Gasteiger partial charge in [-0.3, -0.25) is 19.6 Å². The maximum absolute atomic E-state index is 10.4. The molecule has 0 radical (unpaired) electrons. The lowest BCUT2D eigenvalue weighted by atomic mass is 10.1. The fourth-order valence-electron chi connectivity index (χ4n) is 1.83. The quantitative estimate of drug-likeness (QED) is 0.517. The Kier molecular flexibility index (Phi) is 6.29. The Labute approximate surface area is 123 Å². The zero-order valence-electron chi connectivity index (χ0n) is 12.6. The number of piperidine rings is 1. The van der Waals surface area contributed by atoms with E-state index in [4.69, 9.17) is 0 Å². The molecule has 0 bridgehead atoms. The number of rotatable bonds is 3. The zero-order chi connectivity index (χ0) is 15.9. The van der Waals surface area contributed by atoms with Gasteiger partial charge < -0.3 is 10.1 Å². The molecule has 1 saturated heterocycles. The van der Waals surface area contributed by atoms with Crippen LogP contribution in [0.25, 0.3) is 0 Å². The Bertz CT molecular complexity index is 461. The van der Waals surface area contributed by atoms with Gasteiger partial charge in [0.15, 0.2) is 0 Å². The van der Waals surface area contributed by atoms with Gasteiger partial charge in [-0.15, -0.1) is 0 Å². The standard InChI is InChI=1S/C8H12N4O2.C5H10O2/c13-12(14)8-5-10-11(6-8)7-2-1-3-9-4-7;1-5(2,3)7-4-6/h5-7,9H,1-4H2;4H,1-3H3/t7-;/m0./s1. The smallest absolute Gasteiger partial charge is 0.307 e. The van der Waals surface area contributed by atoms with Gasteiger partial charge in [-0.1, -0.05) is 0 Å². The normalized spacial score (nSPS) is 18.3. The summed E-state index contributed by atoms with van der Waals surface area (Å²) >= 11 is 0. The fourth-order valence-corrected chi connectivity index (χ4v) is 1.83. The van der Waals surface area contributed by atoms with Crippen LogP contribution >= 0.6 is 0 Å². The minimum absolute atomic E-state index is 0.0653. The summed E-state index contributed by atoms with van der Waals surface area (Å²) in [7, 11) is 0. The van der Waals surface area contributed by atoms with Crippen LogP contribution in [0.5, 0.6) is 0 Å². The van der Waals surface area contributed by atoms with Crippen LogP contribution in [-0.4, -0.2) is 39.9 Å². The maximum atomic E-state index is 10.4. The van der Waals surface area contributed by atoms with Crippen molar-refractivity contribution >= 4 is 12.2 Å². The second kappa shape index (κ2) is 7.72. The first-order chi connectivity index (χ1) is 9.83. The fraction of sp³-hybridized carbons (Fsp3) is 0.692. The van der Waals surface area contributed by atoms with Crippen molar-refractivity contribution in [2.45, 2.75) is 45.3 Å². The Balaban J connectivity index is 0.000000270. The maximum Gasteiger partial charge on any atom is 0.307 e. The van der Waals surface area contributed by atoms with Gasteiger partial charge in [-0.2, -0.15) is 5.10 Å². The summed E-state index contributed by atoms with van der Waals surface area (Å²) in [6, 6.07) is 0.262. The van der Waals surface area contributed by atoms with Crippen molar-refractivity contribution in [3.05, 3.63) is 22.5 Å². The molecule has 1 aliphatic rings. The first-order valence-corrected chi connectivity index (χ1v) is 6.84. The average molecular weight is 298 g/mol. The molecule has 1 aliphatic heterocycles. The minimum atomic E-state index is -0.417. The number of nitrogens with one attached hydrogen (secondary N) is 1. The van der Waals surface area contributed by atoms with E-state index in [0.29, 0.717) is 6.47 Å². The molecule has 0 saturated carbocycles. The van der Waals surface area contributed by atoms with Crippen LogP contribution in [0.1, 0.15) is 39.7 Å². The highest BCUT2D eigenvalue weighted by Gasteiger charge is 2.18. The van der Waals surface area contributed by atoms with Crippen molar-refractivity contribution in [1.82, 2.24) is 15.1 Å². The molecule has 1 fully saturated rings. The average Bonchev–Trinajstić information content (AvgIpc) is 2.89. The van der Waals surface area contributed by atoms with E-state index < -0.39 is 4.92 Å². The molecule has 1 N–H and O–H groups in total. The van der Waals surface area contributed by atoms with Crippen molar-refractivity contribution in [2.75, 3.05) is 13.1 Å². The lowest BCUT2D eigenvalue weighted by Gasteiger charge is -2.22. The molecular formula is C13H22N4O4. The van der Waals surface area contributed by atoms with Crippen LogP contribution in [0.15, 0.2) is 12.4 Å². The molecule has 118 valence electrons. The van der Waals surface area contributed by atoms with Crippen LogP contribution in [0.4, 0.5) is 5.69 Å². The molecule has 21 heavy (non-hydrogen) atoms. The van der Waals surface area contributed by atoms with E-state index in [1.165, 1.54) is 12.4 Å². The number of aromatic nitrogens is 2. The molecular weight excluding hydrogens is 276 g/mol. The number of ether oxygens (including phenoxy) is 1. The summed E-state index contributed by atoms with van der Waals surface area (Å²) in [4.78, 5) is 19.6. The summed E-state index contributed by atoms with van der Waals surface area (Å²) < 4.78 is 6.23. The molecule has 0 unspecified atom stereocenters. The van der Waals surface area contributed by atoms with E-state index in [2.05, 4.69) is 15.2 Å². The minimum Gasteiger partial charge on any atom is -0.462 e. The monoisotopic (exact) mass is 298 g/mol. The van der Waals surface area contributed by atoms with E-state index >= 15 is 0 Å². The molecule has 0 amide bonds. The molecule has 8 nitrogen and oxygen atoms in total. The molecule has 1 aromatic heterocycles. The van der Waals surface area contributed by atoms with Crippen molar-refractivity contribution in [3.63, 3.8) is 0 Å². The van der Waals surface area contributed by atoms with E-state index in [1.807, 2.05) is 20.8 Å². The van der Waals surface area contributed by atoms with Gasteiger partial charge in [0.05, 0.1) is 11.0 Å². The van der Waals surface area contributed by atoms with E-state index in [9.17, 15) is 14.9 Å². The zero-order valence-corrected chi connectivity index (χ0v) is 12.6. The molecule has 0 spiro atoms. The molecule has 1 atom stereocenters.